The first kappa shape index (κ1) is 21.6. The van der Waals surface area contributed by atoms with Gasteiger partial charge < -0.3 is 14.8 Å². The van der Waals surface area contributed by atoms with Gasteiger partial charge in [0.05, 0.1) is 25.2 Å². The average molecular weight is 400 g/mol. The molecule has 1 atom stereocenters. The lowest BCUT2D eigenvalue weighted by Gasteiger charge is -2.27. The molecule has 1 unspecified atom stereocenters. The van der Waals surface area contributed by atoms with Crippen LogP contribution in [0.5, 0.6) is 5.75 Å². The zero-order chi connectivity index (χ0) is 19.9. The topological polar surface area (TPSA) is 97.0 Å². The number of morpholine rings is 1. The minimum atomic E-state index is -3.81. The van der Waals surface area contributed by atoms with Gasteiger partial charge in [0, 0.05) is 26.2 Å². The van der Waals surface area contributed by atoms with E-state index in [4.69, 9.17) is 9.47 Å². The Bertz CT molecular complexity index is 700. The van der Waals surface area contributed by atoms with Crippen LogP contribution in [0.3, 0.4) is 0 Å². The predicted octanol–water partition coefficient (Wildman–Crippen LogP) is 0.447. The van der Waals surface area contributed by atoms with Crippen molar-refractivity contribution in [1.29, 1.82) is 0 Å². The Morgan fingerprint density at radius 3 is 2.41 bits per heavy atom. The number of amides is 1. The molecule has 0 aromatic heterocycles. The van der Waals surface area contributed by atoms with E-state index in [1.807, 2.05) is 13.8 Å². The molecule has 1 heterocycles. The molecule has 152 valence electrons. The van der Waals surface area contributed by atoms with Crippen LogP contribution in [0.2, 0.25) is 0 Å². The molecule has 1 aromatic carbocycles. The minimum absolute atomic E-state index is 0.0927. The third-order valence-electron chi connectivity index (χ3n) is 4.43. The molecule has 0 spiro atoms. The molecule has 2 N–H and O–H groups in total. The van der Waals surface area contributed by atoms with Crippen molar-refractivity contribution in [2.45, 2.75) is 24.8 Å². The van der Waals surface area contributed by atoms with Gasteiger partial charge in [-0.05, 0) is 30.2 Å². The molecule has 1 aromatic rings. The molecule has 9 heteroatoms. The minimum Gasteiger partial charge on any atom is -0.497 e. The summed E-state index contributed by atoms with van der Waals surface area (Å²) in [6.45, 7) is 7.87. The van der Waals surface area contributed by atoms with E-state index in [0.717, 1.165) is 13.1 Å². The second-order valence-corrected chi connectivity index (χ2v) is 8.48. The van der Waals surface area contributed by atoms with Gasteiger partial charge >= 0.3 is 0 Å². The van der Waals surface area contributed by atoms with Crippen LogP contribution in [-0.4, -0.2) is 71.8 Å². The van der Waals surface area contributed by atoms with Crippen molar-refractivity contribution in [1.82, 2.24) is 14.9 Å². The lowest BCUT2D eigenvalue weighted by Crippen LogP contribution is -2.51. The summed E-state index contributed by atoms with van der Waals surface area (Å²) in [7, 11) is -2.30. The zero-order valence-corrected chi connectivity index (χ0v) is 16.9. The maximum atomic E-state index is 12.6. The van der Waals surface area contributed by atoms with Gasteiger partial charge in [0.2, 0.25) is 15.9 Å². The Kier molecular flexibility index (Phi) is 8.03. The van der Waals surface area contributed by atoms with Gasteiger partial charge in [0.1, 0.15) is 11.8 Å². The molecule has 1 aliphatic heterocycles. The summed E-state index contributed by atoms with van der Waals surface area (Å²) >= 11 is 0. The lowest BCUT2D eigenvalue weighted by molar-refractivity contribution is -0.123. The molecule has 1 amide bonds. The summed E-state index contributed by atoms with van der Waals surface area (Å²) < 4.78 is 38.1. The quantitative estimate of drug-likeness (QED) is 0.626. The van der Waals surface area contributed by atoms with Crippen molar-refractivity contribution in [3.63, 3.8) is 0 Å². The van der Waals surface area contributed by atoms with Crippen molar-refractivity contribution in [2.75, 3.05) is 46.5 Å². The van der Waals surface area contributed by atoms with E-state index in [1.165, 1.54) is 19.2 Å². The van der Waals surface area contributed by atoms with E-state index in [2.05, 4.69) is 14.9 Å². The Balaban J connectivity index is 1.95. The summed E-state index contributed by atoms with van der Waals surface area (Å²) in [5, 5.41) is 2.84. The number of hydrogen-bond donors (Lipinski definition) is 2. The van der Waals surface area contributed by atoms with Crippen LogP contribution in [0, 0.1) is 5.92 Å². The summed E-state index contributed by atoms with van der Waals surface area (Å²) in [5.41, 5.74) is 0. The standard InChI is InChI=1S/C18H29N3O5S/c1-14(2)17(18(22)19-8-9-21-10-12-26-13-11-21)20-27(23,24)16-6-4-15(25-3)5-7-16/h4-7,14,17,20H,8-13H2,1-3H3,(H,19,22). The number of benzene rings is 1. The number of nitrogens with zero attached hydrogens (tertiary/aromatic N) is 1. The molecule has 2 rings (SSSR count). The second kappa shape index (κ2) is 10.0. The fraction of sp³-hybridized carbons (Fsp3) is 0.611. The first-order chi connectivity index (χ1) is 12.8. The Labute approximate surface area is 161 Å². The van der Waals surface area contributed by atoms with Crippen molar-refractivity contribution in [3.05, 3.63) is 24.3 Å². The van der Waals surface area contributed by atoms with Crippen LogP contribution in [0.15, 0.2) is 29.2 Å². The smallest absolute Gasteiger partial charge is 0.241 e. The number of sulfonamides is 1. The molecule has 1 fully saturated rings. The van der Waals surface area contributed by atoms with Gasteiger partial charge in [-0.2, -0.15) is 4.72 Å². The zero-order valence-electron chi connectivity index (χ0n) is 16.1. The summed E-state index contributed by atoms with van der Waals surface area (Å²) in [4.78, 5) is 14.8. The van der Waals surface area contributed by atoms with E-state index < -0.39 is 16.1 Å². The third kappa shape index (κ3) is 6.46. The largest absolute Gasteiger partial charge is 0.497 e. The van der Waals surface area contributed by atoms with Crippen molar-refractivity contribution in [2.24, 2.45) is 5.92 Å². The number of nitrogens with one attached hydrogen (secondary N) is 2. The molecule has 0 bridgehead atoms. The number of carbonyl (C=O) groups is 1. The van der Waals surface area contributed by atoms with Crippen molar-refractivity contribution in [3.8, 4) is 5.75 Å². The normalized spacial score (nSPS) is 16.9. The molecule has 0 aliphatic carbocycles. The van der Waals surface area contributed by atoms with Gasteiger partial charge in [-0.25, -0.2) is 8.42 Å². The summed E-state index contributed by atoms with van der Waals surface area (Å²) in [6.07, 6.45) is 0. The number of rotatable bonds is 9. The molecule has 0 radical (unpaired) electrons. The van der Waals surface area contributed by atoms with Crippen molar-refractivity contribution >= 4 is 15.9 Å². The van der Waals surface area contributed by atoms with Gasteiger partial charge in [-0.15, -0.1) is 0 Å². The molecule has 0 saturated carbocycles. The maximum absolute atomic E-state index is 12.6. The maximum Gasteiger partial charge on any atom is 0.241 e. The molecular formula is C18H29N3O5S. The van der Waals surface area contributed by atoms with Crippen LogP contribution in [0.25, 0.3) is 0 Å². The summed E-state index contributed by atoms with van der Waals surface area (Å²) in [6, 6.07) is 5.20. The van der Waals surface area contributed by atoms with Crippen LogP contribution < -0.4 is 14.8 Å². The van der Waals surface area contributed by atoms with E-state index in [-0.39, 0.29) is 16.7 Å². The van der Waals surface area contributed by atoms with E-state index in [1.54, 1.807) is 12.1 Å². The first-order valence-corrected chi connectivity index (χ1v) is 10.6. The first-order valence-electron chi connectivity index (χ1n) is 9.07. The number of ether oxygens (including phenoxy) is 2. The SMILES string of the molecule is COc1ccc(S(=O)(=O)NC(C(=O)NCCN2CCOCC2)C(C)C)cc1. The highest BCUT2D eigenvalue weighted by molar-refractivity contribution is 7.89. The van der Waals surface area contributed by atoms with Crippen LogP contribution >= 0.6 is 0 Å². The van der Waals surface area contributed by atoms with E-state index in [9.17, 15) is 13.2 Å². The highest BCUT2D eigenvalue weighted by Gasteiger charge is 2.28. The molecular weight excluding hydrogens is 370 g/mol. The highest BCUT2D eigenvalue weighted by Crippen LogP contribution is 2.16. The Morgan fingerprint density at radius 2 is 1.85 bits per heavy atom. The van der Waals surface area contributed by atoms with E-state index >= 15 is 0 Å². The van der Waals surface area contributed by atoms with Crippen LogP contribution in [-0.2, 0) is 19.6 Å². The number of methoxy groups -OCH3 is 1. The number of hydrogen-bond acceptors (Lipinski definition) is 6. The number of carbonyl (C=O) groups excluding carboxylic acids is 1. The molecule has 1 aliphatic rings. The molecule has 1 saturated heterocycles. The van der Waals surface area contributed by atoms with Crippen LogP contribution in [0.4, 0.5) is 0 Å². The second-order valence-electron chi connectivity index (χ2n) is 6.76. The third-order valence-corrected chi connectivity index (χ3v) is 5.89. The Morgan fingerprint density at radius 1 is 1.22 bits per heavy atom. The monoisotopic (exact) mass is 399 g/mol. The van der Waals surface area contributed by atoms with Gasteiger partial charge in [-0.1, -0.05) is 13.8 Å². The fourth-order valence-corrected chi connectivity index (χ4v) is 4.10. The Hall–Kier alpha value is -1.68. The highest BCUT2D eigenvalue weighted by atomic mass is 32.2. The van der Waals surface area contributed by atoms with Crippen molar-refractivity contribution < 1.29 is 22.7 Å². The van der Waals surface area contributed by atoms with Gasteiger partial charge in [-0.3, -0.25) is 9.69 Å². The molecule has 8 nitrogen and oxygen atoms in total. The average Bonchev–Trinajstić information content (AvgIpc) is 2.66. The molecule has 27 heavy (non-hydrogen) atoms. The van der Waals surface area contributed by atoms with Crippen LogP contribution in [0.1, 0.15) is 13.8 Å². The fourth-order valence-electron chi connectivity index (χ4n) is 2.75. The summed E-state index contributed by atoms with van der Waals surface area (Å²) in [5.74, 6) is 0.0481. The van der Waals surface area contributed by atoms with E-state index in [0.29, 0.717) is 32.1 Å². The van der Waals surface area contributed by atoms with Gasteiger partial charge in [0.15, 0.2) is 0 Å². The van der Waals surface area contributed by atoms with Gasteiger partial charge in [0.25, 0.3) is 0 Å². The predicted molar refractivity (Wildman–Crippen MR) is 102 cm³/mol. The lowest BCUT2D eigenvalue weighted by atomic mass is 10.1.